The van der Waals surface area contributed by atoms with E-state index in [0.717, 1.165) is 12.5 Å². The van der Waals surface area contributed by atoms with Gasteiger partial charge in [-0.25, -0.2) is 0 Å². The molecule has 0 atom stereocenters. The smallest absolute Gasteiger partial charge is 0.0575 e. The van der Waals surface area contributed by atoms with Crippen LogP contribution in [0.5, 0.6) is 0 Å². The Morgan fingerprint density at radius 3 is 2.29 bits per heavy atom. The first kappa shape index (κ1) is 12.0. The van der Waals surface area contributed by atoms with Crippen molar-refractivity contribution in [1.29, 1.82) is 0 Å². The maximum Gasteiger partial charge on any atom is 0.0575 e. The average Bonchev–Trinajstić information content (AvgIpc) is 2.21. The third-order valence-corrected chi connectivity index (χ3v) is 3.34. The van der Waals surface area contributed by atoms with Crippen LogP contribution in [0, 0.1) is 5.92 Å². The minimum absolute atomic E-state index is 0.592. The third kappa shape index (κ3) is 4.45. The summed E-state index contributed by atoms with van der Waals surface area (Å²) in [5.41, 5.74) is 0. The molecule has 14 heavy (non-hydrogen) atoms. The number of rotatable bonds is 6. The summed E-state index contributed by atoms with van der Waals surface area (Å²) < 4.78 is 5.85. The van der Waals surface area contributed by atoms with Crippen LogP contribution in [-0.4, -0.2) is 12.7 Å². The van der Waals surface area contributed by atoms with Crippen LogP contribution in [0.3, 0.4) is 0 Å². The van der Waals surface area contributed by atoms with E-state index in [1.165, 1.54) is 51.4 Å². The fraction of sp³-hybridized carbons (Fsp3) is 1.00. The maximum absolute atomic E-state index is 5.85. The maximum atomic E-state index is 5.85. The molecule has 0 saturated heterocycles. The molecule has 1 aliphatic rings. The van der Waals surface area contributed by atoms with Gasteiger partial charge in [0.05, 0.1) is 6.10 Å². The minimum Gasteiger partial charge on any atom is -0.378 e. The highest BCUT2D eigenvalue weighted by Crippen LogP contribution is 2.29. The largest absolute Gasteiger partial charge is 0.378 e. The molecule has 1 heteroatoms. The number of unbranched alkanes of at least 4 members (excludes halogenated alkanes) is 1. The fourth-order valence-corrected chi connectivity index (χ4v) is 2.39. The monoisotopic (exact) mass is 198 g/mol. The van der Waals surface area contributed by atoms with Gasteiger partial charge >= 0.3 is 0 Å². The standard InChI is InChI=1S/C13H26O/c1-3-5-11-14-13-9-7-12(6-4-2)8-10-13/h12-13H,3-11H2,1-2H3. The molecule has 1 nitrogen and oxygen atoms in total. The van der Waals surface area contributed by atoms with Crippen molar-refractivity contribution in [2.75, 3.05) is 6.61 Å². The van der Waals surface area contributed by atoms with E-state index in [4.69, 9.17) is 4.74 Å². The van der Waals surface area contributed by atoms with Crippen molar-refractivity contribution in [1.82, 2.24) is 0 Å². The highest BCUT2D eigenvalue weighted by atomic mass is 16.5. The first-order chi connectivity index (χ1) is 6.86. The van der Waals surface area contributed by atoms with Gasteiger partial charge in [-0.1, -0.05) is 33.1 Å². The van der Waals surface area contributed by atoms with Gasteiger partial charge in [-0.3, -0.25) is 0 Å². The van der Waals surface area contributed by atoms with Crippen molar-refractivity contribution in [3.8, 4) is 0 Å². The number of hydrogen-bond acceptors (Lipinski definition) is 1. The lowest BCUT2D eigenvalue weighted by Crippen LogP contribution is -2.22. The van der Waals surface area contributed by atoms with Gasteiger partial charge < -0.3 is 4.74 Å². The number of hydrogen-bond donors (Lipinski definition) is 0. The van der Waals surface area contributed by atoms with Crippen molar-refractivity contribution in [3.05, 3.63) is 0 Å². The van der Waals surface area contributed by atoms with Crippen molar-refractivity contribution >= 4 is 0 Å². The quantitative estimate of drug-likeness (QED) is 0.582. The Bertz CT molecular complexity index is 125. The van der Waals surface area contributed by atoms with Gasteiger partial charge in [0, 0.05) is 6.61 Å². The predicted octanol–water partition coefficient (Wildman–Crippen LogP) is 4.16. The highest BCUT2D eigenvalue weighted by molar-refractivity contribution is 4.72. The summed E-state index contributed by atoms with van der Waals surface area (Å²) in [6.45, 7) is 5.50. The van der Waals surface area contributed by atoms with Crippen LogP contribution in [0.25, 0.3) is 0 Å². The van der Waals surface area contributed by atoms with Crippen LogP contribution in [0.4, 0.5) is 0 Å². The summed E-state index contributed by atoms with van der Waals surface area (Å²) in [7, 11) is 0. The fourth-order valence-electron chi connectivity index (χ4n) is 2.39. The topological polar surface area (TPSA) is 9.23 Å². The lowest BCUT2D eigenvalue weighted by atomic mass is 9.85. The van der Waals surface area contributed by atoms with Crippen molar-refractivity contribution in [2.45, 2.75) is 71.3 Å². The van der Waals surface area contributed by atoms with E-state index in [0.29, 0.717) is 6.10 Å². The molecule has 0 aromatic heterocycles. The van der Waals surface area contributed by atoms with Gasteiger partial charge in [0.25, 0.3) is 0 Å². The summed E-state index contributed by atoms with van der Waals surface area (Å²) in [5, 5.41) is 0. The van der Waals surface area contributed by atoms with Gasteiger partial charge in [0.2, 0.25) is 0 Å². The second-order valence-corrected chi connectivity index (χ2v) is 4.66. The highest BCUT2D eigenvalue weighted by Gasteiger charge is 2.20. The van der Waals surface area contributed by atoms with Gasteiger partial charge in [-0.05, 0) is 38.0 Å². The van der Waals surface area contributed by atoms with Gasteiger partial charge in [-0.15, -0.1) is 0 Å². The molecule has 0 aromatic rings. The molecule has 0 unspecified atom stereocenters. The van der Waals surface area contributed by atoms with Crippen LogP contribution in [-0.2, 0) is 4.74 Å². The molecule has 0 heterocycles. The lowest BCUT2D eigenvalue weighted by Gasteiger charge is -2.28. The van der Waals surface area contributed by atoms with Crippen molar-refractivity contribution in [3.63, 3.8) is 0 Å². The molecule has 0 radical (unpaired) electrons. The molecule has 1 saturated carbocycles. The van der Waals surface area contributed by atoms with Crippen molar-refractivity contribution < 1.29 is 4.74 Å². The normalized spacial score (nSPS) is 27.9. The van der Waals surface area contributed by atoms with Gasteiger partial charge in [-0.2, -0.15) is 0 Å². The Balaban J connectivity index is 2.03. The zero-order valence-corrected chi connectivity index (χ0v) is 9.93. The second kappa shape index (κ2) is 7.28. The molecular formula is C13H26O. The first-order valence-electron chi connectivity index (χ1n) is 6.48. The Hall–Kier alpha value is -0.0400. The molecule has 0 N–H and O–H groups in total. The summed E-state index contributed by atoms with van der Waals surface area (Å²) in [4.78, 5) is 0. The second-order valence-electron chi connectivity index (χ2n) is 4.66. The SMILES string of the molecule is CCCCOC1CCC(CCC)CC1. The van der Waals surface area contributed by atoms with E-state index >= 15 is 0 Å². The van der Waals surface area contributed by atoms with E-state index < -0.39 is 0 Å². The van der Waals surface area contributed by atoms with Crippen LogP contribution in [0.1, 0.15) is 65.2 Å². The summed E-state index contributed by atoms with van der Waals surface area (Å²) in [6.07, 6.45) is 11.3. The van der Waals surface area contributed by atoms with Crippen LogP contribution >= 0.6 is 0 Å². The first-order valence-corrected chi connectivity index (χ1v) is 6.48. The molecule has 1 aliphatic carbocycles. The van der Waals surface area contributed by atoms with E-state index in [1.54, 1.807) is 0 Å². The number of ether oxygens (including phenoxy) is 1. The summed E-state index contributed by atoms with van der Waals surface area (Å²) in [6, 6.07) is 0. The molecule has 0 aliphatic heterocycles. The average molecular weight is 198 g/mol. The van der Waals surface area contributed by atoms with E-state index in [1.807, 2.05) is 0 Å². The molecule has 0 aromatic carbocycles. The third-order valence-electron chi connectivity index (χ3n) is 3.34. The molecule has 84 valence electrons. The Kier molecular flexibility index (Phi) is 6.25. The zero-order valence-electron chi connectivity index (χ0n) is 9.93. The van der Waals surface area contributed by atoms with E-state index in [-0.39, 0.29) is 0 Å². The summed E-state index contributed by atoms with van der Waals surface area (Å²) >= 11 is 0. The predicted molar refractivity (Wildman–Crippen MR) is 61.5 cm³/mol. The molecule has 1 fully saturated rings. The van der Waals surface area contributed by atoms with Gasteiger partial charge in [0.1, 0.15) is 0 Å². The van der Waals surface area contributed by atoms with Crippen LogP contribution in [0.2, 0.25) is 0 Å². The Morgan fingerprint density at radius 1 is 1.00 bits per heavy atom. The Morgan fingerprint density at radius 2 is 1.71 bits per heavy atom. The molecular weight excluding hydrogens is 172 g/mol. The molecule has 0 bridgehead atoms. The van der Waals surface area contributed by atoms with Gasteiger partial charge in [0.15, 0.2) is 0 Å². The van der Waals surface area contributed by atoms with Crippen LogP contribution < -0.4 is 0 Å². The minimum atomic E-state index is 0.592. The molecule has 1 rings (SSSR count). The van der Waals surface area contributed by atoms with E-state index in [2.05, 4.69) is 13.8 Å². The lowest BCUT2D eigenvalue weighted by molar-refractivity contribution is 0.0158. The van der Waals surface area contributed by atoms with Crippen LogP contribution in [0.15, 0.2) is 0 Å². The molecule has 0 amide bonds. The summed E-state index contributed by atoms with van der Waals surface area (Å²) in [5.74, 6) is 1.01. The molecule has 0 spiro atoms. The van der Waals surface area contributed by atoms with E-state index in [9.17, 15) is 0 Å². The van der Waals surface area contributed by atoms with Crippen molar-refractivity contribution in [2.24, 2.45) is 5.92 Å². The zero-order chi connectivity index (χ0) is 10.2. The Labute approximate surface area is 89.2 Å².